The SMILES string of the molecule is CC[C@H](C)NC(=O)[C@@H](C)N(Cc1ccc(Cl)c(Cl)c1)C(=O)CN(C)S(=O)(=O)c1ccc(Cl)cc1. The smallest absolute Gasteiger partial charge is 0.243 e. The van der Waals surface area contributed by atoms with Crippen LogP contribution in [0.4, 0.5) is 0 Å². The summed E-state index contributed by atoms with van der Waals surface area (Å²) in [6.45, 7) is 4.97. The summed E-state index contributed by atoms with van der Waals surface area (Å²) >= 11 is 18.0. The van der Waals surface area contributed by atoms with E-state index in [9.17, 15) is 18.0 Å². The predicted octanol–water partition coefficient (Wildman–Crippen LogP) is 4.60. The van der Waals surface area contributed by atoms with E-state index in [4.69, 9.17) is 34.8 Å². The molecule has 2 aromatic carbocycles. The quantitative estimate of drug-likeness (QED) is 0.470. The maximum absolute atomic E-state index is 13.3. The molecule has 0 aliphatic heterocycles. The first-order chi connectivity index (χ1) is 15.9. The number of halogens is 3. The first-order valence-corrected chi connectivity index (χ1v) is 13.2. The lowest BCUT2D eigenvalue weighted by Gasteiger charge is -2.31. The summed E-state index contributed by atoms with van der Waals surface area (Å²) < 4.78 is 26.8. The van der Waals surface area contributed by atoms with Crippen molar-refractivity contribution in [2.24, 2.45) is 0 Å². The third kappa shape index (κ3) is 7.33. The van der Waals surface area contributed by atoms with E-state index in [2.05, 4.69) is 5.32 Å². The molecule has 0 saturated carbocycles. The molecule has 2 amide bonds. The van der Waals surface area contributed by atoms with Crippen LogP contribution in [-0.4, -0.2) is 55.1 Å². The zero-order valence-corrected chi connectivity index (χ0v) is 22.5. The number of hydrogen-bond donors (Lipinski definition) is 1. The molecule has 7 nitrogen and oxygen atoms in total. The van der Waals surface area contributed by atoms with Crippen molar-refractivity contribution in [3.8, 4) is 0 Å². The molecule has 1 N–H and O–H groups in total. The van der Waals surface area contributed by atoms with Gasteiger partial charge in [-0.2, -0.15) is 4.31 Å². The Hall–Kier alpha value is -1.84. The third-order valence-corrected chi connectivity index (χ3v) is 8.19. The second-order valence-electron chi connectivity index (χ2n) is 7.98. The van der Waals surface area contributed by atoms with Gasteiger partial charge in [0.25, 0.3) is 0 Å². The maximum atomic E-state index is 13.3. The molecule has 2 rings (SSSR count). The van der Waals surface area contributed by atoms with Gasteiger partial charge in [-0.3, -0.25) is 9.59 Å². The molecular formula is C23H28Cl3N3O4S. The zero-order valence-electron chi connectivity index (χ0n) is 19.4. The van der Waals surface area contributed by atoms with Crippen molar-refractivity contribution >= 4 is 56.6 Å². The van der Waals surface area contributed by atoms with Gasteiger partial charge in [0.1, 0.15) is 6.04 Å². The molecule has 186 valence electrons. The van der Waals surface area contributed by atoms with E-state index >= 15 is 0 Å². The van der Waals surface area contributed by atoms with E-state index in [1.165, 1.54) is 36.2 Å². The molecule has 2 atom stereocenters. The minimum Gasteiger partial charge on any atom is -0.352 e. The lowest BCUT2D eigenvalue weighted by molar-refractivity contribution is -0.140. The van der Waals surface area contributed by atoms with Crippen LogP contribution >= 0.6 is 34.8 Å². The fourth-order valence-electron chi connectivity index (χ4n) is 3.04. The van der Waals surface area contributed by atoms with Crippen LogP contribution in [0.5, 0.6) is 0 Å². The van der Waals surface area contributed by atoms with Crippen molar-refractivity contribution in [3.63, 3.8) is 0 Å². The summed E-state index contributed by atoms with van der Waals surface area (Å²) in [5.74, 6) is -0.885. The zero-order chi connectivity index (χ0) is 25.6. The van der Waals surface area contributed by atoms with Crippen LogP contribution in [0.25, 0.3) is 0 Å². The first-order valence-electron chi connectivity index (χ1n) is 10.6. The lowest BCUT2D eigenvalue weighted by atomic mass is 10.1. The Morgan fingerprint density at radius 1 is 1.00 bits per heavy atom. The van der Waals surface area contributed by atoms with Crippen molar-refractivity contribution in [1.29, 1.82) is 0 Å². The predicted molar refractivity (Wildman–Crippen MR) is 136 cm³/mol. The Morgan fingerprint density at radius 2 is 1.62 bits per heavy atom. The van der Waals surface area contributed by atoms with Gasteiger partial charge < -0.3 is 10.2 Å². The molecule has 0 saturated heterocycles. The second-order valence-corrected chi connectivity index (χ2v) is 11.3. The standard InChI is InChI=1S/C23H28Cl3N3O4S/c1-5-15(2)27-23(31)16(3)29(13-17-6-11-20(25)21(26)12-17)22(30)14-28(4)34(32,33)19-9-7-18(24)8-10-19/h6-12,15-16H,5,13-14H2,1-4H3,(H,27,31)/t15-,16+/m0/s1. The molecule has 0 heterocycles. The molecule has 0 fully saturated rings. The normalized spacial score (nSPS) is 13.4. The highest BCUT2D eigenvalue weighted by Gasteiger charge is 2.30. The van der Waals surface area contributed by atoms with Crippen LogP contribution in [0.1, 0.15) is 32.8 Å². The minimum atomic E-state index is -3.95. The summed E-state index contributed by atoms with van der Waals surface area (Å²) in [5.41, 5.74) is 0.647. The number of hydrogen-bond acceptors (Lipinski definition) is 4. The molecule has 0 unspecified atom stereocenters. The van der Waals surface area contributed by atoms with Crippen LogP contribution in [0.2, 0.25) is 15.1 Å². The van der Waals surface area contributed by atoms with Gasteiger partial charge in [0.2, 0.25) is 21.8 Å². The van der Waals surface area contributed by atoms with E-state index in [-0.39, 0.29) is 23.4 Å². The largest absolute Gasteiger partial charge is 0.352 e. The van der Waals surface area contributed by atoms with Gasteiger partial charge in [-0.05, 0) is 62.2 Å². The Balaban J connectivity index is 2.30. The van der Waals surface area contributed by atoms with Gasteiger partial charge in [0, 0.05) is 24.7 Å². The highest BCUT2D eigenvalue weighted by Crippen LogP contribution is 2.24. The van der Waals surface area contributed by atoms with Gasteiger partial charge in [0.05, 0.1) is 21.5 Å². The van der Waals surface area contributed by atoms with E-state index < -0.39 is 28.5 Å². The molecule has 0 aliphatic carbocycles. The number of nitrogens with one attached hydrogen (secondary N) is 1. The van der Waals surface area contributed by atoms with Gasteiger partial charge >= 0.3 is 0 Å². The number of sulfonamides is 1. The second kappa shape index (κ2) is 12.2. The average molecular weight is 549 g/mol. The van der Waals surface area contributed by atoms with E-state index in [1.54, 1.807) is 25.1 Å². The summed E-state index contributed by atoms with van der Waals surface area (Å²) in [5, 5.41) is 3.93. The fraction of sp³-hybridized carbons (Fsp3) is 0.391. The monoisotopic (exact) mass is 547 g/mol. The summed E-state index contributed by atoms with van der Waals surface area (Å²) in [7, 11) is -2.64. The Morgan fingerprint density at radius 3 is 2.18 bits per heavy atom. The molecular weight excluding hydrogens is 521 g/mol. The van der Waals surface area contributed by atoms with Gasteiger partial charge in [-0.1, -0.05) is 47.8 Å². The maximum Gasteiger partial charge on any atom is 0.243 e. The molecule has 0 spiro atoms. The number of carbonyl (C=O) groups excluding carboxylic acids is 2. The summed E-state index contributed by atoms with van der Waals surface area (Å²) in [6, 6.07) is 9.63. The Kier molecular flexibility index (Phi) is 10.2. The van der Waals surface area contributed by atoms with Crippen molar-refractivity contribution in [2.45, 2.75) is 50.7 Å². The lowest BCUT2D eigenvalue weighted by Crippen LogP contribution is -2.51. The van der Waals surface area contributed by atoms with Crippen molar-refractivity contribution in [3.05, 3.63) is 63.1 Å². The van der Waals surface area contributed by atoms with Crippen LogP contribution in [0, 0.1) is 0 Å². The van der Waals surface area contributed by atoms with Crippen molar-refractivity contribution in [2.75, 3.05) is 13.6 Å². The van der Waals surface area contributed by atoms with E-state index in [0.717, 1.165) is 10.7 Å². The summed E-state index contributed by atoms with van der Waals surface area (Å²) in [6.07, 6.45) is 0.723. The Bertz CT molecular complexity index is 1130. The Labute approximate surface area is 216 Å². The minimum absolute atomic E-state index is 0.00537. The molecule has 0 aromatic heterocycles. The number of nitrogens with zero attached hydrogens (tertiary/aromatic N) is 2. The molecule has 34 heavy (non-hydrogen) atoms. The van der Waals surface area contributed by atoms with Gasteiger partial charge in [0.15, 0.2) is 0 Å². The van der Waals surface area contributed by atoms with E-state index in [0.29, 0.717) is 20.6 Å². The third-order valence-electron chi connectivity index (χ3n) is 5.38. The molecule has 0 bridgehead atoms. The van der Waals surface area contributed by atoms with Gasteiger partial charge in [-0.15, -0.1) is 0 Å². The van der Waals surface area contributed by atoms with Gasteiger partial charge in [-0.25, -0.2) is 8.42 Å². The molecule has 0 radical (unpaired) electrons. The van der Waals surface area contributed by atoms with Crippen LogP contribution in [0.15, 0.2) is 47.4 Å². The number of benzene rings is 2. The highest BCUT2D eigenvalue weighted by molar-refractivity contribution is 7.89. The highest BCUT2D eigenvalue weighted by atomic mass is 35.5. The fourth-order valence-corrected chi connectivity index (χ4v) is 4.60. The number of likely N-dealkylation sites (N-methyl/N-ethyl adjacent to an activating group) is 1. The van der Waals surface area contributed by atoms with Crippen LogP contribution in [0.3, 0.4) is 0 Å². The van der Waals surface area contributed by atoms with Crippen LogP contribution in [-0.2, 0) is 26.2 Å². The number of carbonyl (C=O) groups is 2. The average Bonchev–Trinajstić information content (AvgIpc) is 2.79. The molecule has 2 aromatic rings. The molecule has 0 aliphatic rings. The number of amides is 2. The number of rotatable bonds is 10. The van der Waals surface area contributed by atoms with Crippen molar-refractivity contribution in [1.82, 2.24) is 14.5 Å². The first kappa shape index (κ1) is 28.4. The topological polar surface area (TPSA) is 86.8 Å². The van der Waals surface area contributed by atoms with Crippen molar-refractivity contribution < 1.29 is 18.0 Å². The summed E-state index contributed by atoms with van der Waals surface area (Å²) in [4.78, 5) is 27.4. The van der Waals surface area contributed by atoms with E-state index in [1.807, 2.05) is 13.8 Å². The molecule has 11 heteroatoms. The van der Waals surface area contributed by atoms with Crippen LogP contribution < -0.4 is 5.32 Å².